The third kappa shape index (κ3) is 6.70. The minimum atomic E-state index is -3.77. The molecule has 0 unspecified atom stereocenters. The molecule has 0 aliphatic heterocycles. The Labute approximate surface area is 116 Å². The number of allylic oxidation sites excluding steroid dienone is 2. The molecule has 0 aromatic rings. The van der Waals surface area contributed by atoms with Crippen molar-refractivity contribution < 1.29 is 28.2 Å². The lowest BCUT2D eigenvalue weighted by atomic mass is 10.3. The third-order valence-corrected chi connectivity index (χ3v) is 2.13. The SMILES string of the molecule is C=C/C(NC(=O)C(F)(F)Br)=C(O)\C=C\CC(=O)OC. The Morgan fingerprint density at radius 1 is 1.53 bits per heavy atom. The quantitative estimate of drug-likeness (QED) is 0.336. The van der Waals surface area contributed by atoms with Crippen LogP contribution in [0, 0.1) is 0 Å². The lowest BCUT2D eigenvalue weighted by molar-refractivity contribution is -0.139. The number of ether oxygens (including phenoxy) is 1. The lowest BCUT2D eigenvalue weighted by Crippen LogP contribution is -2.35. The van der Waals surface area contributed by atoms with E-state index in [9.17, 15) is 23.5 Å². The Balaban J connectivity index is 4.81. The number of aliphatic hydroxyl groups excluding tert-OH is 1. The highest BCUT2D eigenvalue weighted by Crippen LogP contribution is 2.22. The summed E-state index contributed by atoms with van der Waals surface area (Å²) in [5, 5.41) is 11.3. The van der Waals surface area contributed by atoms with Crippen LogP contribution in [0.4, 0.5) is 8.78 Å². The smallest absolute Gasteiger partial charge is 0.378 e. The maximum atomic E-state index is 12.6. The highest BCUT2D eigenvalue weighted by molar-refractivity contribution is 9.10. The molecule has 2 N–H and O–H groups in total. The molecule has 0 spiro atoms. The van der Waals surface area contributed by atoms with Crippen LogP contribution in [0.2, 0.25) is 0 Å². The molecular formula is C11H12BrF2NO4. The number of methoxy groups -OCH3 is 1. The summed E-state index contributed by atoms with van der Waals surface area (Å²) in [4.78, 5) is 18.0. The van der Waals surface area contributed by atoms with Gasteiger partial charge in [-0.15, -0.1) is 0 Å². The van der Waals surface area contributed by atoms with Gasteiger partial charge in [-0.2, -0.15) is 8.78 Å². The zero-order chi connectivity index (χ0) is 15.1. The number of halogens is 3. The lowest BCUT2D eigenvalue weighted by Gasteiger charge is -2.10. The van der Waals surface area contributed by atoms with Gasteiger partial charge in [0.2, 0.25) is 0 Å². The second-order valence-corrected chi connectivity index (χ2v) is 4.13. The van der Waals surface area contributed by atoms with E-state index in [1.54, 1.807) is 5.32 Å². The zero-order valence-electron chi connectivity index (χ0n) is 9.95. The minimum Gasteiger partial charge on any atom is -0.506 e. The molecule has 0 aliphatic carbocycles. The van der Waals surface area contributed by atoms with Gasteiger partial charge in [0.25, 0.3) is 0 Å². The molecule has 0 aromatic carbocycles. The number of hydrogen-bond donors (Lipinski definition) is 2. The van der Waals surface area contributed by atoms with Crippen LogP contribution in [-0.2, 0) is 14.3 Å². The number of aliphatic hydroxyl groups is 1. The molecule has 0 saturated carbocycles. The van der Waals surface area contributed by atoms with Gasteiger partial charge < -0.3 is 15.2 Å². The molecule has 0 fully saturated rings. The van der Waals surface area contributed by atoms with Gasteiger partial charge in [-0.25, -0.2) is 0 Å². The first-order valence-corrected chi connectivity index (χ1v) is 5.68. The first-order chi connectivity index (χ1) is 8.72. The molecule has 0 radical (unpaired) electrons. The number of nitrogens with one attached hydrogen (secondary N) is 1. The van der Waals surface area contributed by atoms with Crippen molar-refractivity contribution in [3.05, 3.63) is 36.3 Å². The highest BCUT2D eigenvalue weighted by Gasteiger charge is 2.35. The summed E-state index contributed by atoms with van der Waals surface area (Å²) in [6.45, 7) is 3.26. The number of alkyl halides is 3. The predicted molar refractivity (Wildman–Crippen MR) is 67.6 cm³/mol. The molecule has 0 aliphatic rings. The molecule has 0 atom stereocenters. The van der Waals surface area contributed by atoms with E-state index in [1.165, 1.54) is 13.2 Å². The van der Waals surface area contributed by atoms with Gasteiger partial charge >= 0.3 is 16.7 Å². The molecule has 0 aromatic heterocycles. The molecule has 0 saturated heterocycles. The van der Waals surface area contributed by atoms with Crippen LogP contribution in [0.25, 0.3) is 0 Å². The molecular weight excluding hydrogens is 328 g/mol. The van der Waals surface area contributed by atoms with Crippen LogP contribution in [0.3, 0.4) is 0 Å². The van der Waals surface area contributed by atoms with Crippen molar-refractivity contribution in [2.45, 2.75) is 11.3 Å². The topological polar surface area (TPSA) is 75.6 Å². The van der Waals surface area contributed by atoms with Crippen molar-refractivity contribution in [3.63, 3.8) is 0 Å². The maximum Gasteiger partial charge on any atom is 0.378 e. The molecule has 0 rings (SSSR count). The Morgan fingerprint density at radius 3 is 2.53 bits per heavy atom. The summed E-state index contributed by atoms with van der Waals surface area (Å²) in [5.74, 6) is -2.72. The average molecular weight is 340 g/mol. The fourth-order valence-electron chi connectivity index (χ4n) is 0.853. The summed E-state index contributed by atoms with van der Waals surface area (Å²) >= 11 is 1.87. The Bertz CT molecular complexity index is 427. The van der Waals surface area contributed by atoms with E-state index in [0.717, 1.165) is 12.2 Å². The summed E-state index contributed by atoms with van der Waals surface area (Å²) in [7, 11) is 1.19. The van der Waals surface area contributed by atoms with E-state index < -0.39 is 22.5 Å². The highest BCUT2D eigenvalue weighted by atomic mass is 79.9. The van der Waals surface area contributed by atoms with Crippen molar-refractivity contribution in [1.29, 1.82) is 0 Å². The van der Waals surface area contributed by atoms with Gasteiger partial charge in [0.1, 0.15) is 5.76 Å². The van der Waals surface area contributed by atoms with E-state index >= 15 is 0 Å². The average Bonchev–Trinajstić information content (AvgIpc) is 2.33. The first-order valence-electron chi connectivity index (χ1n) is 4.89. The van der Waals surface area contributed by atoms with Crippen LogP contribution in [0.15, 0.2) is 36.3 Å². The summed E-state index contributed by atoms with van der Waals surface area (Å²) in [6.07, 6.45) is 3.16. The fourth-order valence-corrected chi connectivity index (χ4v) is 0.952. The molecule has 1 amide bonds. The summed E-state index contributed by atoms with van der Waals surface area (Å²) in [5.41, 5.74) is -0.315. The molecule has 106 valence electrons. The number of carbonyl (C=O) groups excluding carboxylic acids is 2. The van der Waals surface area contributed by atoms with Crippen LogP contribution >= 0.6 is 15.9 Å². The van der Waals surface area contributed by atoms with Crippen LogP contribution in [0.1, 0.15) is 6.42 Å². The van der Waals surface area contributed by atoms with Gasteiger partial charge in [-0.1, -0.05) is 12.7 Å². The normalized spacial score (nSPS) is 12.8. The van der Waals surface area contributed by atoms with E-state index in [-0.39, 0.29) is 12.1 Å². The Kier molecular flexibility index (Phi) is 6.99. The number of carbonyl (C=O) groups is 2. The number of hydrogen-bond acceptors (Lipinski definition) is 4. The largest absolute Gasteiger partial charge is 0.506 e. The molecule has 5 nitrogen and oxygen atoms in total. The van der Waals surface area contributed by atoms with E-state index in [2.05, 4.69) is 11.3 Å². The second-order valence-electron chi connectivity index (χ2n) is 3.14. The fraction of sp³-hybridized carbons (Fsp3) is 0.273. The van der Waals surface area contributed by atoms with E-state index in [4.69, 9.17) is 0 Å². The Hall–Kier alpha value is -1.70. The number of amides is 1. The van der Waals surface area contributed by atoms with Crippen LogP contribution in [-0.4, -0.2) is 28.9 Å². The molecule has 0 heterocycles. The van der Waals surface area contributed by atoms with E-state index in [1.807, 2.05) is 15.9 Å². The minimum absolute atomic E-state index is 0.118. The van der Waals surface area contributed by atoms with Crippen LogP contribution in [0.5, 0.6) is 0 Å². The van der Waals surface area contributed by atoms with Crippen molar-refractivity contribution in [1.82, 2.24) is 5.32 Å². The van der Waals surface area contributed by atoms with Crippen molar-refractivity contribution in [2.24, 2.45) is 0 Å². The predicted octanol–water partition coefficient (Wildman–Crippen LogP) is 2.17. The maximum absolute atomic E-state index is 12.6. The van der Waals surface area contributed by atoms with Gasteiger partial charge in [0.15, 0.2) is 0 Å². The summed E-state index contributed by atoms with van der Waals surface area (Å²) in [6, 6.07) is 0. The van der Waals surface area contributed by atoms with Crippen LogP contribution < -0.4 is 5.32 Å². The van der Waals surface area contributed by atoms with E-state index in [0.29, 0.717) is 0 Å². The van der Waals surface area contributed by atoms with Gasteiger partial charge in [0, 0.05) is 15.9 Å². The molecule has 19 heavy (non-hydrogen) atoms. The monoisotopic (exact) mass is 339 g/mol. The zero-order valence-corrected chi connectivity index (χ0v) is 11.5. The van der Waals surface area contributed by atoms with Crippen molar-refractivity contribution in [3.8, 4) is 0 Å². The van der Waals surface area contributed by atoms with Crippen molar-refractivity contribution >= 4 is 27.8 Å². The standard InChI is InChI=1S/C11H12BrF2NO4/c1-3-7(15-10(18)11(12,13)14)8(16)5-4-6-9(17)19-2/h3-5,16H,1,6H2,2H3,(H,15,18)/b5-4+,8-7-. The Morgan fingerprint density at radius 2 is 2.11 bits per heavy atom. The first kappa shape index (κ1) is 17.3. The molecule has 8 heteroatoms. The third-order valence-electron chi connectivity index (χ3n) is 1.77. The summed E-state index contributed by atoms with van der Waals surface area (Å²) < 4.78 is 29.5. The number of esters is 1. The van der Waals surface area contributed by atoms with Crippen molar-refractivity contribution in [2.75, 3.05) is 7.11 Å². The van der Waals surface area contributed by atoms with Gasteiger partial charge in [0.05, 0.1) is 19.2 Å². The molecule has 0 bridgehead atoms. The second kappa shape index (κ2) is 7.67. The van der Waals surface area contributed by atoms with Gasteiger partial charge in [-0.3, -0.25) is 9.59 Å². The number of rotatable bonds is 6. The van der Waals surface area contributed by atoms with Gasteiger partial charge in [-0.05, 0) is 12.2 Å².